The van der Waals surface area contributed by atoms with Crippen molar-refractivity contribution >= 4 is 39.4 Å². The van der Waals surface area contributed by atoms with E-state index in [0.29, 0.717) is 32.1 Å². The molecule has 146 valence electrons. The molecular formula is C19H19BrFN5O2. The van der Waals surface area contributed by atoms with Crippen molar-refractivity contribution in [3.63, 3.8) is 0 Å². The Kier molecular flexibility index (Phi) is 5.25. The van der Waals surface area contributed by atoms with Gasteiger partial charge in [0, 0.05) is 51.5 Å². The molecule has 0 aliphatic carbocycles. The molecule has 28 heavy (non-hydrogen) atoms. The minimum absolute atomic E-state index is 0.0523. The third-order valence-corrected chi connectivity index (χ3v) is 5.51. The van der Waals surface area contributed by atoms with Gasteiger partial charge < -0.3 is 14.7 Å². The van der Waals surface area contributed by atoms with Crippen LogP contribution in [-0.4, -0.2) is 59.4 Å². The average molecular weight is 448 g/mol. The quantitative estimate of drug-likeness (QED) is 0.720. The lowest BCUT2D eigenvalue weighted by Crippen LogP contribution is -2.51. The summed E-state index contributed by atoms with van der Waals surface area (Å²) < 4.78 is 14.8. The van der Waals surface area contributed by atoms with Gasteiger partial charge in [0.1, 0.15) is 5.82 Å². The van der Waals surface area contributed by atoms with Gasteiger partial charge in [0.25, 0.3) is 0 Å². The molecule has 0 saturated carbocycles. The van der Waals surface area contributed by atoms with E-state index in [-0.39, 0.29) is 30.5 Å². The van der Waals surface area contributed by atoms with E-state index < -0.39 is 11.7 Å². The Morgan fingerprint density at radius 3 is 2.46 bits per heavy atom. The van der Waals surface area contributed by atoms with Crippen LogP contribution >= 0.6 is 15.9 Å². The number of anilines is 2. The number of para-hydroxylation sites is 1. The number of carbonyl (C=O) groups excluding carboxylic acids is 2. The number of aromatic nitrogens is 2. The number of nitrogens with zero attached hydrogens (tertiary/aromatic N) is 5. The largest absolute Gasteiger partial charge is 0.339 e. The zero-order chi connectivity index (χ0) is 19.7. The maximum atomic E-state index is 14.0. The summed E-state index contributed by atoms with van der Waals surface area (Å²) >= 11 is 3.32. The summed E-state index contributed by atoms with van der Waals surface area (Å²) in [5.74, 6) is -0.527. The van der Waals surface area contributed by atoms with Gasteiger partial charge in [-0.3, -0.25) is 9.59 Å². The SMILES string of the molecule is O=C(C1CC(=O)N(c2ccccc2F)C1)N1CCN(c2ncc(Br)cn2)CC1. The molecule has 2 aromatic rings. The van der Waals surface area contributed by atoms with Crippen molar-refractivity contribution in [2.24, 2.45) is 5.92 Å². The standard InChI is InChI=1S/C19H19BrFN5O2/c20-14-10-22-19(23-11-14)25-7-5-24(6-8-25)18(28)13-9-17(27)26(12-13)16-4-2-1-3-15(16)21/h1-4,10-11,13H,5-9,12H2. The monoisotopic (exact) mass is 447 g/mol. The highest BCUT2D eigenvalue weighted by atomic mass is 79.9. The average Bonchev–Trinajstić information content (AvgIpc) is 3.10. The van der Waals surface area contributed by atoms with Crippen molar-refractivity contribution in [1.82, 2.24) is 14.9 Å². The summed E-state index contributed by atoms with van der Waals surface area (Å²) in [6.45, 7) is 2.57. The fourth-order valence-corrected chi connectivity index (χ4v) is 3.84. The summed E-state index contributed by atoms with van der Waals surface area (Å²) in [6.07, 6.45) is 3.51. The van der Waals surface area contributed by atoms with Gasteiger partial charge in [-0.15, -0.1) is 0 Å². The van der Waals surface area contributed by atoms with E-state index in [4.69, 9.17) is 0 Å². The highest BCUT2D eigenvalue weighted by Gasteiger charge is 2.38. The molecule has 0 radical (unpaired) electrons. The molecule has 1 atom stereocenters. The molecule has 7 nitrogen and oxygen atoms in total. The van der Waals surface area contributed by atoms with Crippen LogP contribution in [0.25, 0.3) is 0 Å². The molecule has 9 heteroatoms. The molecule has 2 aliphatic rings. The van der Waals surface area contributed by atoms with E-state index in [9.17, 15) is 14.0 Å². The first-order valence-corrected chi connectivity index (χ1v) is 9.88. The maximum absolute atomic E-state index is 14.0. The Bertz CT molecular complexity index is 886. The van der Waals surface area contributed by atoms with Crippen LogP contribution in [0.5, 0.6) is 0 Å². The van der Waals surface area contributed by atoms with Crippen LogP contribution in [0.15, 0.2) is 41.1 Å². The lowest BCUT2D eigenvalue weighted by atomic mass is 10.1. The van der Waals surface area contributed by atoms with Crippen LogP contribution in [0.2, 0.25) is 0 Å². The Morgan fingerprint density at radius 1 is 1.11 bits per heavy atom. The van der Waals surface area contributed by atoms with E-state index in [1.807, 2.05) is 4.90 Å². The lowest BCUT2D eigenvalue weighted by Gasteiger charge is -2.35. The Morgan fingerprint density at radius 2 is 1.79 bits per heavy atom. The van der Waals surface area contributed by atoms with Crippen molar-refractivity contribution in [2.45, 2.75) is 6.42 Å². The van der Waals surface area contributed by atoms with Gasteiger partial charge in [-0.1, -0.05) is 12.1 Å². The van der Waals surface area contributed by atoms with E-state index in [1.165, 1.54) is 11.0 Å². The summed E-state index contributed by atoms with van der Waals surface area (Å²) in [5.41, 5.74) is 0.236. The summed E-state index contributed by atoms with van der Waals surface area (Å²) in [6, 6.07) is 6.15. The number of hydrogen-bond acceptors (Lipinski definition) is 5. The third kappa shape index (κ3) is 3.71. The highest BCUT2D eigenvalue weighted by Crippen LogP contribution is 2.28. The molecule has 2 aliphatic heterocycles. The van der Waals surface area contributed by atoms with Crippen molar-refractivity contribution in [3.8, 4) is 0 Å². The van der Waals surface area contributed by atoms with Gasteiger partial charge in [0.15, 0.2) is 0 Å². The second kappa shape index (κ2) is 7.83. The van der Waals surface area contributed by atoms with Gasteiger partial charge in [0.05, 0.1) is 16.1 Å². The molecule has 1 aromatic heterocycles. The molecule has 4 rings (SSSR count). The van der Waals surface area contributed by atoms with Crippen molar-refractivity contribution in [1.29, 1.82) is 0 Å². The van der Waals surface area contributed by atoms with E-state index in [1.54, 1.807) is 35.5 Å². The summed E-state index contributed by atoms with van der Waals surface area (Å²) in [4.78, 5) is 39.0. The molecule has 2 amide bonds. The second-order valence-electron chi connectivity index (χ2n) is 6.87. The molecular weight excluding hydrogens is 429 g/mol. The van der Waals surface area contributed by atoms with Crippen molar-refractivity contribution < 1.29 is 14.0 Å². The number of rotatable bonds is 3. The molecule has 3 heterocycles. The Labute approximate surface area is 170 Å². The molecule has 0 bridgehead atoms. The van der Waals surface area contributed by atoms with Crippen LogP contribution in [-0.2, 0) is 9.59 Å². The van der Waals surface area contributed by atoms with Gasteiger partial charge in [0.2, 0.25) is 17.8 Å². The topological polar surface area (TPSA) is 69.6 Å². The normalized spacial score (nSPS) is 20.0. The van der Waals surface area contributed by atoms with Crippen LogP contribution in [0.3, 0.4) is 0 Å². The van der Waals surface area contributed by atoms with Gasteiger partial charge in [-0.25, -0.2) is 14.4 Å². The lowest BCUT2D eigenvalue weighted by molar-refractivity contribution is -0.136. The predicted octanol–water partition coefficient (Wildman–Crippen LogP) is 2.08. The molecule has 1 aromatic carbocycles. The first-order valence-electron chi connectivity index (χ1n) is 9.09. The van der Waals surface area contributed by atoms with Crippen LogP contribution in [0.1, 0.15) is 6.42 Å². The van der Waals surface area contributed by atoms with E-state index in [2.05, 4.69) is 25.9 Å². The number of amides is 2. The fraction of sp³-hybridized carbons (Fsp3) is 0.368. The number of carbonyl (C=O) groups is 2. The Balaban J connectivity index is 1.37. The first kappa shape index (κ1) is 18.8. The van der Waals surface area contributed by atoms with Crippen LogP contribution in [0, 0.1) is 11.7 Å². The smallest absolute Gasteiger partial charge is 0.228 e. The van der Waals surface area contributed by atoms with E-state index >= 15 is 0 Å². The summed E-state index contributed by atoms with van der Waals surface area (Å²) in [5, 5.41) is 0. The minimum atomic E-state index is -0.452. The predicted molar refractivity (Wildman–Crippen MR) is 105 cm³/mol. The third-order valence-electron chi connectivity index (χ3n) is 5.10. The maximum Gasteiger partial charge on any atom is 0.228 e. The van der Waals surface area contributed by atoms with Gasteiger partial charge in [-0.2, -0.15) is 0 Å². The highest BCUT2D eigenvalue weighted by molar-refractivity contribution is 9.10. The summed E-state index contributed by atoms with van der Waals surface area (Å²) in [7, 11) is 0. The Hall–Kier alpha value is -2.55. The zero-order valence-electron chi connectivity index (χ0n) is 15.1. The fourth-order valence-electron chi connectivity index (χ4n) is 3.63. The zero-order valence-corrected chi connectivity index (χ0v) is 16.7. The molecule has 0 N–H and O–H groups in total. The van der Waals surface area contributed by atoms with Crippen molar-refractivity contribution in [3.05, 3.63) is 46.9 Å². The number of halogens is 2. The van der Waals surface area contributed by atoms with E-state index in [0.717, 1.165) is 4.47 Å². The molecule has 2 saturated heterocycles. The first-order chi connectivity index (χ1) is 13.5. The van der Waals surface area contributed by atoms with Crippen LogP contribution in [0.4, 0.5) is 16.0 Å². The minimum Gasteiger partial charge on any atom is -0.339 e. The molecule has 1 unspecified atom stereocenters. The van der Waals surface area contributed by atoms with Gasteiger partial charge in [-0.05, 0) is 28.1 Å². The number of hydrogen-bond donors (Lipinski definition) is 0. The van der Waals surface area contributed by atoms with Crippen molar-refractivity contribution in [2.75, 3.05) is 42.5 Å². The van der Waals surface area contributed by atoms with Crippen LogP contribution < -0.4 is 9.80 Å². The second-order valence-corrected chi connectivity index (χ2v) is 7.79. The molecule has 0 spiro atoms. The number of piperazine rings is 1. The number of benzene rings is 1. The van der Waals surface area contributed by atoms with Gasteiger partial charge >= 0.3 is 0 Å². The molecule has 2 fully saturated rings.